The van der Waals surface area contributed by atoms with Crippen molar-refractivity contribution in [2.24, 2.45) is 5.41 Å². The van der Waals surface area contributed by atoms with Crippen LogP contribution in [-0.2, 0) is 9.59 Å². The first kappa shape index (κ1) is 18.2. The van der Waals surface area contributed by atoms with Crippen molar-refractivity contribution in [3.05, 3.63) is 0 Å². The van der Waals surface area contributed by atoms with Crippen LogP contribution in [0.5, 0.6) is 0 Å². The fourth-order valence-electron chi connectivity index (χ4n) is 2.41. The highest BCUT2D eigenvalue weighted by Gasteiger charge is 2.50. The molecule has 0 aliphatic heterocycles. The third-order valence-electron chi connectivity index (χ3n) is 4.39. The quantitative estimate of drug-likeness (QED) is 0.425. The summed E-state index contributed by atoms with van der Waals surface area (Å²) in [6.45, 7) is 7.36. The summed E-state index contributed by atoms with van der Waals surface area (Å²) in [5, 5.41) is 8.90. The van der Waals surface area contributed by atoms with Crippen molar-refractivity contribution in [1.82, 2.24) is 16.0 Å². The van der Waals surface area contributed by atoms with Gasteiger partial charge in [0.25, 0.3) is 0 Å². The molecule has 0 fully saturated rings. The number of carbonyl (C=O) groups is 2. The number of nitrogens with one attached hydrogen (secondary N) is 3. The van der Waals surface area contributed by atoms with Crippen LogP contribution in [0, 0.1) is 5.41 Å². The van der Waals surface area contributed by atoms with Crippen LogP contribution in [-0.4, -0.2) is 44.4 Å². The van der Waals surface area contributed by atoms with Crippen molar-refractivity contribution in [2.45, 2.75) is 52.2 Å². The van der Waals surface area contributed by atoms with Crippen molar-refractivity contribution >= 4 is 11.6 Å². The maximum atomic E-state index is 12.9. The number of ketones is 2. The molecule has 0 radical (unpaired) electrons. The zero-order valence-electron chi connectivity index (χ0n) is 13.3. The van der Waals surface area contributed by atoms with Crippen molar-refractivity contribution in [3.63, 3.8) is 0 Å². The van der Waals surface area contributed by atoms with Crippen molar-refractivity contribution in [3.8, 4) is 0 Å². The number of carbonyl (C=O) groups excluding carboxylic acids is 2. The van der Waals surface area contributed by atoms with Gasteiger partial charge in [0.1, 0.15) is 5.66 Å². The SMILES string of the molecule is CCC(CC)(C(=O)C(C)NC)C(=O)C(C)(NC)NC. The Morgan fingerprint density at radius 2 is 1.47 bits per heavy atom. The molecule has 0 rings (SSSR count). The Morgan fingerprint density at radius 3 is 1.74 bits per heavy atom. The summed E-state index contributed by atoms with van der Waals surface area (Å²) in [4.78, 5) is 25.5. The molecule has 3 N–H and O–H groups in total. The van der Waals surface area contributed by atoms with E-state index in [9.17, 15) is 9.59 Å². The van der Waals surface area contributed by atoms with E-state index in [0.29, 0.717) is 12.8 Å². The van der Waals surface area contributed by atoms with E-state index in [0.717, 1.165) is 0 Å². The molecular weight excluding hydrogens is 242 g/mol. The molecule has 0 saturated heterocycles. The van der Waals surface area contributed by atoms with Crippen LogP contribution in [0.25, 0.3) is 0 Å². The van der Waals surface area contributed by atoms with Gasteiger partial charge in [0, 0.05) is 0 Å². The highest BCUT2D eigenvalue weighted by Crippen LogP contribution is 2.33. The summed E-state index contributed by atoms with van der Waals surface area (Å²) in [6.07, 6.45) is 1.01. The molecule has 0 aliphatic rings. The number of Topliss-reactive ketones (excluding diaryl/α,β-unsaturated/α-hetero) is 2. The molecule has 0 bridgehead atoms. The van der Waals surface area contributed by atoms with Gasteiger partial charge in [-0.05, 0) is 47.8 Å². The first-order chi connectivity index (χ1) is 8.79. The van der Waals surface area contributed by atoms with Crippen LogP contribution in [0.4, 0.5) is 0 Å². The van der Waals surface area contributed by atoms with E-state index in [4.69, 9.17) is 0 Å². The largest absolute Gasteiger partial charge is 0.311 e. The van der Waals surface area contributed by atoms with Crippen LogP contribution in [0.1, 0.15) is 40.5 Å². The van der Waals surface area contributed by atoms with Gasteiger partial charge < -0.3 is 5.32 Å². The lowest BCUT2D eigenvalue weighted by atomic mass is 9.69. The molecular formula is C14H29N3O2. The van der Waals surface area contributed by atoms with Crippen LogP contribution in [0.2, 0.25) is 0 Å². The van der Waals surface area contributed by atoms with Gasteiger partial charge in [0.05, 0.1) is 11.5 Å². The van der Waals surface area contributed by atoms with Gasteiger partial charge in [0.2, 0.25) is 0 Å². The van der Waals surface area contributed by atoms with Gasteiger partial charge in [-0.3, -0.25) is 20.2 Å². The zero-order chi connectivity index (χ0) is 15.3. The third-order valence-corrected chi connectivity index (χ3v) is 4.39. The lowest BCUT2D eigenvalue weighted by Gasteiger charge is -2.39. The second-order valence-electron chi connectivity index (χ2n) is 5.12. The summed E-state index contributed by atoms with van der Waals surface area (Å²) < 4.78 is 0. The molecule has 1 atom stereocenters. The first-order valence-electron chi connectivity index (χ1n) is 6.93. The topological polar surface area (TPSA) is 70.2 Å². The van der Waals surface area contributed by atoms with Gasteiger partial charge in [-0.15, -0.1) is 0 Å². The van der Waals surface area contributed by atoms with Crippen LogP contribution >= 0.6 is 0 Å². The Hall–Kier alpha value is -0.780. The summed E-state index contributed by atoms with van der Waals surface area (Å²) in [6, 6.07) is -0.332. The van der Waals surface area contributed by atoms with Gasteiger partial charge in [-0.2, -0.15) is 0 Å². The van der Waals surface area contributed by atoms with E-state index in [1.807, 2.05) is 13.8 Å². The molecule has 112 valence electrons. The highest BCUT2D eigenvalue weighted by molar-refractivity contribution is 6.12. The minimum Gasteiger partial charge on any atom is -0.311 e. The molecule has 5 heteroatoms. The van der Waals surface area contributed by atoms with E-state index in [1.165, 1.54) is 0 Å². The Kier molecular flexibility index (Phi) is 6.83. The monoisotopic (exact) mass is 271 g/mol. The van der Waals surface area contributed by atoms with E-state index >= 15 is 0 Å². The van der Waals surface area contributed by atoms with Crippen molar-refractivity contribution in [1.29, 1.82) is 0 Å². The summed E-state index contributed by atoms with van der Waals surface area (Å²) in [7, 11) is 5.17. The normalized spacial score (nSPS) is 14.3. The second kappa shape index (κ2) is 7.12. The van der Waals surface area contributed by atoms with Gasteiger partial charge in [-0.25, -0.2) is 0 Å². The van der Waals surface area contributed by atoms with E-state index < -0.39 is 11.1 Å². The van der Waals surface area contributed by atoms with E-state index in [1.54, 1.807) is 35.0 Å². The van der Waals surface area contributed by atoms with Crippen molar-refractivity contribution in [2.75, 3.05) is 21.1 Å². The molecule has 19 heavy (non-hydrogen) atoms. The van der Waals surface area contributed by atoms with Crippen molar-refractivity contribution < 1.29 is 9.59 Å². The standard InChI is InChI=1S/C14H29N3O2/c1-8-14(9-2,11(18)10(3)15-5)12(19)13(4,16-6)17-7/h10,15-17H,8-9H2,1-7H3. The lowest BCUT2D eigenvalue weighted by molar-refractivity contribution is -0.147. The summed E-state index contributed by atoms with van der Waals surface area (Å²) in [5.41, 5.74) is -1.85. The van der Waals surface area contributed by atoms with E-state index in [-0.39, 0.29) is 17.6 Å². The Labute approximate surface area is 116 Å². The van der Waals surface area contributed by atoms with Gasteiger partial charge in [0.15, 0.2) is 11.6 Å². The molecule has 0 amide bonds. The predicted octanol–water partition coefficient (Wildman–Crippen LogP) is 0.694. The van der Waals surface area contributed by atoms with Crippen LogP contribution < -0.4 is 16.0 Å². The van der Waals surface area contributed by atoms with Gasteiger partial charge >= 0.3 is 0 Å². The average Bonchev–Trinajstić information content (AvgIpc) is 2.46. The zero-order valence-corrected chi connectivity index (χ0v) is 13.3. The third kappa shape index (κ3) is 3.22. The molecule has 0 aromatic heterocycles. The minimum atomic E-state index is -0.955. The molecule has 0 aliphatic carbocycles. The highest BCUT2D eigenvalue weighted by atomic mass is 16.2. The van der Waals surface area contributed by atoms with Gasteiger partial charge in [-0.1, -0.05) is 13.8 Å². The Morgan fingerprint density at radius 1 is 1.05 bits per heavy atom. The number of hydrogen-bond acceptors (Lipinski definition) is 5. The predicted molar refractivity (Wildman–Crippen MR) is 78.1 cm³/mol. The number of hydrogen-bond donors (Lipinski definition) is 3. The molecule has 0 saturated carbocycles. The number of likely N-dealkylation sites (N-methyl/N-ethyl adjacent to an activating group) is 3. The maximum Gasteiger partial charge on any atom is 0.180 e. The average molecular weight is 271 g/mol. The lowest BCUT2D eigenvalue weighted by Crippen LogP contribution is -2.64. The molecule has 1 unspecified atom stereocenters. The fraction of sp³-hybridized carbons (Fsp3) is 0.857. The Balaban J connectivity index is 5.65. The molecule has 0 aromatic rings. The molecule has 0 aromatic carbocycles. The maximum absolute atomic E-state index is 12.9. The summed E-state index contributed by atoms with van der Waals surface area (Å²) in [5.74, 6) is -0.135. The molecule has 5 nitrogen and oxygen atoms in total. The first-order valence-corrected chi connectivity index (χ1v) is 6.93. The van der Waals surface area contributed by atoms with Crippen LogP contribution in [0.15, 0.2) is 0 Å². The fourth-order valence-corrected chi connectivity index (χ4v) is 2.41. The molecule has 0 heterocycles. The smallest absolute Gasteiger partial charge is 0.180 e. The van der Waals surface area contributed by atoms with E-state index in [2.05, 4.69) is 16.0 Å². The second-order valence-corrected chi connectivity index (χ2v) is 5.12. The van der Waals surface area contributed by atoms with Crippen LogP contribution in [0.3, 0.4) is 0 Å². The minimum absolute atomic E-state index is 0.0401. The summed E-state index contributed by atoms with van der Waals surface area (Å²) >= 11 is 0. The molecule has 0 spiro atoms. The Bertz CT molecular complexity index is 321. The number of rotatable bonds is 9.